The Morgan fingerprint density at radius 1 is 2.00 bits per heavy atom. The monoisotopic (exact) mass is 91.0 g/mol. The topological polar surface area (TPSA) is 37.3 Å². The van der Waals surface area contributed by atoms with Crippen LogP contribution in [0.3, 0.4) is 0 Å². The maximum absolute atomic E-state index is 9.24. The predicted molar refractivity (Wildman–Crippen MR) is 20.9 cm³/mol. The van der Waals surface area contributed by atoms with Gasteiger partial charge in [-0.15, -0.1) is 0 Å². The van der Waals surface area contributed by atoms with Crippen LogP contribution in [0.1, 0.15) is 0 Å². The average molecular weight is 91.1 g/mol. The quantitative estimate of drug-likeness (QED) is 0.451. The standard InChI is InChI=1S/C2H3O2S/c3-2(4)1-5/h1,5H,(H,3,4). The van der Waals surface area contributed by atoms with Crippen molar-refractivity contribution in [1.29, 1.82) is 0 Å². The molecule has 0 saturated carbocycles. The molecule has 0 unspecified atom stereocenters. The van der Waals surface area contributed by atoms with Crippen molar-refractivity contribution in [3.63, 3.8) is 0 Å². The number of thiol groups is 1. The van der Waals surface area contributed by atoms with Gasteiger partial charge in [0.1, 0.15) is 5.75 Å². The van der Waals surface area contributed by atoms with Crippen LogP contribution in [0.5, 0.6) is 0 Å². The summed E-state index contributed by atoms with van der Waals surface area (Å²) in [5.41, 5.74) is 0. The van der Waals surface area contributed by atoms with Crippen LogP contribution in [-0.4, -0.2) is 11.1 Å². The summed E-state index contributed by atoms with van der Waals surface area (Å²) in [7, 11) is 0. The minimum absolute atomic E-state index is 0.778. The van der Waals surface area contributed by atoms with E-state index in [4.69, 9.17) is 5.11 Å². The van der Waals surface area contributed by atoms with E-state index in [2.05, 4.69) is 12.6 Å². The molecule has 0 saturated heterocycles. The molecule has 0 spiro atoms. The maximum atomic E-state index is 9.24. The van der Waals surface area contributed by atoms with Gasteiger partial charge >= 0.3 is 5.97 Å². The first-order chi connectivity index (χ1) is 2.27. The second kappa shape index (κ2) is 2.08. The van der Waals surface area contributed by atoms with Crippen LogP contribution in [0.4, 0.5) is 0 Å². The lowest BCUT2D eigenvalue weighted by atomic mass is 10.8. The lowest BCUT2D eigenvalue weighted by Gasteiger charge is -1.70. The van der Waals surface area contributed by atoms with E-state index < -0.39 is 5.97 Å². The zero-order chi connectivity index (χ0) is 4.28. The molecule has 3 heteroatoms. The molecular weight excluding hydrogens is 88.1 g/mol. The summed E-state index contributed by atoms with van der Waals surface area (Å²) in [4.78, 5) is 9.24. The molecule has 0 aliphatic carbocycles. The van der Waals surface area contributed by atoms with Crippen LogP contribution in [-0.2, 0) is 4.79 Å². The van der Waals surface area contributed by atoms with Gasteiger partial charge in [0.2, 0.25) is 0 Å². The van der Waals surface area contributed by atoms with Gasteiger partial charge in [0, 0.05) is 0 Å². The zero-order valence-corrected chi connectivity index (χ0v) is 3.27. The Kier molecular flexibility index (Phi) is 2.01. The summed E-state index contributed by atoms with van der Waals surface area (Å²) in [6, 6.07) is 0. The number of carboxylic acids is 1. The molecular formula is C2H3O2S. The van der Waals surface area contributed by atoms with Gasteiger partial charge in [0.05, 0.1) is 0 Å². The minimum atomic E-state index is -1.01. The third-order valence-electron chi connectivity index (χ3n) is 0.110. The lowest BCUT2D eigenvalue weighted by molar-refractivity contribution is -0.132. The van der Waals surface area contributed by atoms with Crippen molar-refractivity contribution < 1.29 is 9.90 Å². The van der Waals surface area contributed by atoms with E-state index in [1.54, 1.807) is 0 Å². The van der Waals surface area contributed by atoms with Gasteiger partial charge in [-0.25, -0.2) is 0 Å². The lowest BCUT2D eigenvalue weighted by Crippen LogP contribution is -1.86. The van der Waals surface area contributed by atoms with Gasteiger partial charge in [0.25, 0.3) is 0 Å². The molecule has 0 atom stereocenters. The number of hydrogen-bond donors (Lipinski definition) is 2. The molecule has 0 bridgehead atoms. The van der Waals surface area contributed by atoms with Gasteiger partial charge in [-0.05, 0) is 0 Å². The molecule has 0 fully saturated rings. The summed E-state index contributed by atoms with van der Waals surface area (Å²) in [6.07, 6.45) is 0. The zero-order valence-electron chi connectivity index (χ0n) is 2.38. The van der Waals surface area contributed by atoms with E-state index in [1.807, 2.05) is 0 Å². The van der Waals surface area contributed by atoms with Gasteiger partial charge in [-0.1, -0.05) is 0 Å². The van der Waals surface area contributed by atoms with Crippen molar-refractivity contribution in [2.24, 2.45) is 0 Å². The van der Waals surface area contributed by atoms with E-state index >= 15 is 0 Å². The fourth-order valence-corrected chi connectivity index (χ4v) is 0. The highest BCUT2D eigenvalue weighted by Crippen LogP contribution is 1.76. The first-order valence-corrected chi connectivity index (χ1v) is 1.49. The molecule has 0 aromatic rings. The molecule has 29 valence electrons. The van der Waals surface area contributed by atoms with E-state index in [0.29, 0.717) is 0 Å². The maximum Gasteiger partial charge on any atom is 0.318 e. The highest BCUT2D eigenvalue weighted by molar-refractivity contribution is 7.83. The second-order valence-corrected chi connectivity index (χ2v) is 0.726. The summed E-state index contributed by atoms with van der Waals surface area (Å²) >= 11 is 3.29. The number of hydrogen-bond acceptors (Lipinski definition) is 2. The predicted octanol–water partition coefficient (Wildman–Crippen LogP) is 0.163. The first kappa shape index (κ1) is 4.82. The Balaban J connectivity index is 2.85. The Bertz CT molecular complexity index is 42.9. The van der Waals surface area contributed by atoms with Crippen LogP contribution in [0.25, 0.3) is 0 Å². The summed E-state index contributed by atoms with van der Waals surface area (Å²) < 4.78 is 0. The molecule has 1 N–H and O–H groups in total. The highest BCUT2D eigenvalue weighted by atomic mass is 32.1. The van der Waals surface area contributed by atoms with Crippen molar-refractivity contribution in [2.45, 2.75) is 0 Å². The number of rotatable bonds is 1. The molecule has 0 amide bonds. The molecule has 0 rings (SSSR count). The van der Waals surface area contributed by atoms with Crippen LogP contribution >= 0.6 is 12.6 Å². The van der Waals surface area contributed by atoms with E-state index in [9.17, 15) is 4.79 Å². The molecule has 0 heterocycles. The summed E-state index contributed by atoms with van der Waals surface area (Å²) in [5.74, 6) is -0.228. The van der Waals surface area contributed by atoms with E-state index in [1.165, 1.54) is 0 Å². The number of carbonyl (C=O) groups is 1. The molecule has 1 radical (unpaired) electrons. The van der Waals surface area contributed by atoms with Crippen molar-refractivity contribution in [2.75, 3.05) is 0 Å². The molecule has 0 aliphatic heterocycles. The SMILES string of the molecule is O=C(O)[CH]S. The van der Waals surface area contributed by atoms with Crippen LogP contribution in [0.2, 0.25) is 0 Å². The third-order valence-corrected chi connectivity index (χ3v) is 0.331. The van der Waals surface area contributed by atoms with Crippen molar-refractivity contribution in [1.82, 2.24) is 0 Å². The second-order valence-electron chi connectivity index (χ2n) is 0.467. The van der Waals surface area contributed by atoms with Gasteiger partial charge in [-0.3, -0.25) is 4.79 Å². The smallest absolute Gasteiger partial charge is 0.318 e. The first-order valence-electron chi connectivity index (χ1n) is 0.975. The van der Waals surface area contributed by atoms with Crippen molar-refractivity contribution in [3.05, 3.63) is 5.75 Å². The van der Waals surface area contributed by atoms with Crippen LogP contribution < -0.4 is 0 Å². The molecule has 2 nitrogen and oxygen atoms in total. The Morgan fingerprint density at radius 2 is 2.20 bits per heavy atom. The van der Waals surface area contributed by atoms with Crippen molar-refractivity contribution in [3.8, 4) is 0 Å². The van der Waals surface area contributed by atoms with E-state index in [0.717, 1.165) is 5.75 Å². The molecule has 5 heavy (non-hydrogen) atoms. The Labute approximate surface area is 35.2 Å². The molecule has 0 aromatic heterocycles. The van der Waals surface area contributed by atoms with Gasteiger partial charge in [0.15, 0.2) is 0 Å². The Hall–Kier alpha value is -0.180. The van der Waals surface area contributed by atoms with Gasteiger partial charge < -0.3 is 5.11 Å². The van der Waals surface area contributed by atoms with Crippen molar-refractivity contribution >= 4 is 18.6 Å². The fraction of sp³-hybridized carbons (Fsp3) is 0. The largest absolute Gasteiger partial charge is 0.480 e. The molecule has 0 aliphatic rings. The minimum Gasteiger partial charge on any atom is -0.480 e. The van der Waals surface area contributed by atoms with Crippen LogP contribution in [0, 0.1) is 5.75 Å². The average Bonchev–Trinajstić information content (AvgIpc) is 1.38. The van der Waals surface area contributed by atoms with Crippen LogP contribution in [0.15, 0.2) is 0 Å². The van der Waals surface area contributed by atoms with Gasteiger partial charge in [-0.2, -0.15) is 12.6 Å². The number of aliphatic carboxylic acids is 1. The molecule has 0 aromatic carbocycles. The number of carboxylic acid groups (broad SMARTS) is 1. The van der Waals surface area contributed by atoms with E-state index in [-0.39, 0.29) is 0 Å². The fourth-order valence-electron chi connectivity index (χ4n) is 0. The summed E-state index contributed by atoms with van der Waals surface area (Å²) in [6.45, 7) is 0. The highest BCUT2D eigenvalue weighted by Gasteiger charge is 1.83. The Morgan fingerprint density at radius 3 is 2.20 bits per heavy atom. The normalized spacial score (nSPS) is 7.40. The third kappa shape index (κ3) is 3.82. The summed E-state index contributed by atoms with van der Waals surface area (Å²) in [5, 5.41) is 7.59.